The molecule has 4 aliphatic rings. The monoisotopic (exact) mass is 830 g/mol. The molecule has 6 atom stereocenters. The van der Waals surface area contributed by atoms with Crippen molar-refractivity contribution in [3.63, 3.8) is 0 Å². The zero-order chi connectivity index (χ0) is 42.9. The van der Waals surface area contributed by atoms with Crippen molar-refractivity contribution in [3.05, 3.63) is 65.9 Å². The van der Waals surface area contributed by atoms with Gasteiger partial charge in [-0.1, -0.05) is 52.3 Å². The number of methoxy groups -OCH3 is 1. The number of nitrogens with zero attached hydrogens (tertiary/aromatic N) is 5. The van der Waals surface area contributed by atoms with Gasteiger partial charge >= 0.3 is 12.2 Å². The van der Waals surface area contributed by atoms with Crippen molar-refractivity contribution >= 4 is 45.8 Å². The highest BCUT2D eigenvalue weighted by molar-refractivity contribution is 6.07. The molecule has 320 valence electrons. The van der Waals surface area contributed by atoms with Crippen LogP contribution in [0, 0.1) is 17.8 Å². The number of likely N-dealkylation sites (N-methyl/N-ethyl adjacent to an activating group) is 1. The first kappa shape index (κ1) is 40.3. The summed E-state index contributed by atoms with van der Waals surface area (Å²) in [6, 6.07) is 12.8. The number of benzene rings is 3. The molecule has 5 aromatic rings. The fourth-order valence-corrected chi connectivity index (χ4v) is 10.5. The van der Waals surface area contributed by atoms with Crippen LogP contribution in [0.1, 0.15) is 95.5 Å². The summed E-state index contributed by atoms with van der Waals surface area (Å²) in [6.07, 6.45) is 5.49. The van der Waals surface area contributed by atoms with Crippen LogP contribution in [0.25, 0.3) is 44.2 Å². The van der Waals surface area contributed by atoms with Crippen LogP contribution in [0.5, 0.6) is 5.75 Å². The van der Waals surface area contributed by atoms with E-state index in [1.165, 1.54) is 14.2 Å². The van der Waals surface area contributed by atoms with Crippen molar-refractivity contribution in [1.29, 1.82) is 0 Å². The van der Waals surface area contributed by atoms with Crippen molar-refractivity contribution in [2.45, 2.75) is 103 Å². The maximum absolute atomic E-state index is 14.3. The molecule has 4 amide bonds. The van der Waals surface area contributed by atoms with Crippen LogP contribution in [0.15, 0.2) is 48.7 Å². The summed E-state index contributed by atoms with van der Waals surface area (Å²) in [4.78, 5) is 73.9. The number of aromatic amines is 2. The Morgan fingerprint density at radius 3 is 2.51 bits per heavy atom. The zero-order valence-electron chi connectivity index (χ0n) is 35.5. The fourth-order valence-electron chi connectivity index (χ4n) is 10.5. The molecule has 15 heteroatoms. The molecule has 1 saturated carbocycles. The van der Waals surface area contributed by atoms with Gasteiger partial charge in [0, 0.05) is 30.6 Å². The number of amides is 4. The van der Waals surface area contributed by atoms with E-state index >= 15 is 0 Å². The second kappa shape index (κ2) is 15.7. The van der Waals surface area contributed by atoms with Crippen LogP contribution >= 0.6 is 0 Å². The third kappa shape index (κ3) is 7.01. The van der Waals surface area contributed by atoms with E-state index in [-0.39, 0.29) is 41.8 Å². The molecule has 0 bridgehead atoms. The molecule has 3 aliphatic heterocycles. The first-order chi connectivity index (χ1) is 29.3. The number of carbonyl (C=O) groups excluding carboxylic acids is 3. The molecule has 5 heterocycles. The minimum Gasteiger partial charge on any atom is -0.488 e. The van der Waals surface area contributed by atoms with Crippen molar-refractivity contribution in [2.24, 2.45) is 17.8 Å². The standard InChI is InChI=1S/C46H54N8O7/c1-23(2)38(51-45(57)60-6)43(55)54-34-10-7-9-27(34)19-36(54)42-48-32-15-13-25-18-31-29-14-12-26(17-28(29)22-61-37(31)20-30(25)39(32)50-42)33-21-47-41(49-33)35-11-8-16-53(35)44(56)40(24(3)4)52(5)46(58)59/h12-15,17-18,20-21,23-24,27,34-36,38,40H,7-11,16,19,22H2,1-6H3,(H,47,49)(H,48,50)(H,51,57)(H,58,59)/t27-,34-,35?,36-,38-,40-/m0/s1. The second-order valence-corrected chi connectivity index (χ2v) is 17.9. The van der Waals surface area contributed by atoms with Gasteiger partial charge in [0.25, 0.3) is 0 Å². The largest absolute Gasteiger partial charge is 0.488 e. The molecule has 9 rings (SSSR count). The van der Waals surface area contributed by atoms with E-state index in [4.69, 9.17) is 19.4 Å². The molecule has 0 radical (unpaired) electrons. The van der Waals surface area contributed by atoms with E-state index in [0.717, 1.165) is 105 Å². The topological polar surface area (TPSA) is 186 Å². The SMILES string of the molecule is COC(=O)N[C@H](C(=O)N1[C@H](c2nc3ccc4cc5c(cc4c3[nH]2)OCc2cc(-c3cnc(C4CCCN4C(=O)[C@H](C(C)C)N(C)C(=O)O)[nH]3)ccc2-5)C[C@@H]2CCC[C@@H]21)C(C)C. The van der Waals surface area contributed by atoms with Crippen molar-refractivity contribution in [1.82, 2.24) is 40.0 Å². The minimum atomic E-state index is -1.13. The average Bonchev–Trinajstić information content (AvgIpc) is 4.09. The van der Waals surface area contributed by atoms with E-state index in [2.05, 4.69) is 51.7 Å². The number of fused-ring (bicyclic) bond motifs is 7. The minimum absolute atomic E-state index is 0.0997. The van der Waals surface area contributed by atoms with Crippen molar-refractivity contribution < 1.29 is 33.8 Å². The van der Waals surface area contributed by atoms with Gasteiger partial charge in [0.15, 0.2) is 0 Å². The lowest BCUT2D eigenvalue weighted by molar-refractivity contribution is -0.139. The predicted octanol–water partition coefficient (Wildman–Crippen LogP) is 7.79. The van der Waals surface area contributed by atoms with Crippen LogP contribution in [-0.2, 0) is 20.9 Å². The van der Waals surface area contributed by atoms with Crippen LogP contribution < -0.4 is 10.1 Å². The average molecular weight is 831 g/mol. The zero-order valence-corrected chi connectivity index (χ0v) is 35.5. The van der Waals surface area contributed by atoms with Crippen molar-refractivity contribution in [3.8, 4) is 28.1 Å². The number of imidazole rings is 2. The smallest absolute Gasteiger partial charge is 0.407 e. The summed E-state index contributed by atoms with van der Waals surface area (Å²) in [7, 11) is 2.76. The number of carboxylic acid groups (broad SMARTS) is 1. The Balaban J connectivity index is 0.980. The van der Waals surface area contributed by atoms with Crippen molar-refractivity contribution in [2.75, 3.05) is 20.7 Å². The number of aromatic nitrogens is 4. The van der Waals surface area contributed by atoms with Crippen LogP contribution in [0.4, 0.5) is 9.59 Å². The normalized spacial score (nSPS) is 21.6. The molecule has 1 unspecified atom stereocenters. The van der Waals surface area contributed by atoms with Gasteiger partial charge in [-0.2, -0.15) is 0 Å². The number of rotatable bonds is 9. The van der Waals surface area contributed by atoms with E-state index < -0.39 is 24.3 Å². The molecule has 2 aromatic heterocycles. The molecule has 0 spiro atoms. The molecule has 15 nitrogen and oxygen atoms in total. The number of ether oxygens (including phenoxy) is 2. The molecule has 1 aliphatic carbocycles. The Morgan fingerprint density at radius 2 is 1.75 bits per heavy atom. The number of nitrogens with one attached hydrogen (secondary N) is 3. The van der Waals surface area contributed by atoms with Gasteiger partial charge in [-0.3, -0.25) is 14.5 Å². The van der Waals surface area contributed by atoms with Gasteiger partial charge in [-0.05, 0) is 96.2 Å². The lowest BCUT2D eigenvalue weighted by atomic mass is 9.92. The van der Waals surface area contributed by atoms with Crippen LogP contribution in [0.2, 0.25) is 0 Å². The maximum Gasteiger partial charge on any atom is 0.407 e. The number of likely N-dealkylation sites (tertiary alicyclic amines) is 2. The summed E-state index contributed by atoms with van der Waals surface area (Å²) in [5, 5.41) is 14.5. The van der Waals surface area contributed by atoms with Gasteiger partial charge in [0.2, 0.25) is 11.8 Å². The van der Waals surface area contributed by atoms with Gasteiger partial charge < -0.3 is 39.7 Å². The number of carbonyl (C=O) groups is 4. The lowest BCUT2D eigenvalue weighted by Gasteiger charge is -2.33. The first-order valence-electron chi connectivity index (χ1n) is 21.5. The van der Waals surface area contributed by atoms with E-state index in [0.29, 0.717) is 24.9 Å². The third-order valence-corrected chi connectivity index (χ3v) is 13.5. The highest BCUT2D eigenvalue weighted by Crippen LogP contribution is 2.49. The molecule has 61 heavy (non-hydrogen) atoms. The van der Waals surface area contributed by atoms with Crippen LogP contribution in [-0.4, -0.2) is 103 Å². The lowest BCUT2D eigenvalue weighted by Crippen LogP contribution is -2.53. The quantitative estimate of drug-likeness (QED) is 0.115. The Labute approximate surface area is 354 Å². The molecular weight excluding hydrogens is 777 g/mol. The summed E-state index contributed by atoms with van der Waals surface area (Å²) in [6.45, 7) is 8.53. The Bertz CT molecular complexity index is 2550. The molecule has 2 saturated heterocycles. The van der Waals surface area contributed by atoms with Gasteiger partial charge in [-0.25, -0.2) is 19.6 Å². The number of H-pyrrole nitrogens is 2. The van der Waals surface area contributed by atoms with Gasteiger partial charge in [0.05, 0.1) is 42.1 Å². The molecule has 4 N–H and O–H groups in total. The maximum atomic E-state index is 14.3. The number of hydrogen-bond acceptors (Lipinski definition) is 8. The fraction of sp³-hybridized carbons (Fsp3) is 0.478. The summed E-state index contributed by atoms with van der Waals surface area (Å²) < 4.78 is 11.3. The van der Waals surface area contributed by atoms with E-state index in [1.807, 2.05) is 38.7 Å². The summed E-state index contributed by atoms with van der Waals surface area (Å²) in [5.74, 6) is 1.99. The highest BCUT2D eigenvalue weighted by atomic mass is 16.5. The summed E-state index contributed by atoms with van der Waals surface area (Å²) >= 11 is 0. The van der Waals surface area contributed by atoms with E-state index in [1.54, 1.807) is 11.1 Å². The molecular formula is C46H54N8O7. The number of alkyl carbamates (subject to hydrolysis) is 1. The second-order valence-electron chi connectivity index (χ2n) is 17.9. The Kier molecular flexibility index (Phi) is 10.4. The molecule has 3 fully saturated rings. The van der Waals surface area contributed by atoms with Gasteiger partial charge in [-0.15, -0.1) is 0 Å². The predicted molar refractivity (Wildman–Crippen MR) is 229 cm³/mol. The first-order valence-corrected chi connectivity index (χ1v) is 21.5. The Hall–Kier alpha value is -6.12. The van der Waals surface area contributed by atoms with Gasteiger partial charge in [0.1, 0.15) is 36.1 Å². The highest BCUT2D eigenvalue weighted by Gasteiger charge is 2.49. The molecule has 3 aromatic carbocycles. The van der Waals surface area contributed by atoms with E-state index in [9.17, 15) is 24.3 Å². The number of hydrogen-bond donors (Lipinski definition) is 4. The Morgan fingerprint density at radius 1 is 0.934 bits per heavy atom. The summed E-state index contributed by atoms with van der Waals surface area (Å²) in [5.41, 5.74) is 6.60. The third-order valence-electron chi connectivity index (χ3n) is 13.5. The van der Waals surface area contributed by atoms with Crippen LogP contribution in [0.3, 0.4) is 0 Å².